The SMILES string of the molecule is CCc1nc(-c2cccc(COC)c2)nc(N)c1C. The van der Waals surface area contributed by atoms with Gasteiger partial charge in [-0.1, -0.05) is 25.1 Å². The molecule has 0 spiro atoms. The Balaban J connectivity index is 2.46. The average Bonchev–Trinajstić information content (AvgIpc) is 2.42. The minimum Gasteiger partial charge on any atom is -0.383 e. The average molecular weight is 257 g/mol. The van der Waals surface area contributed by atoms with Gasteiger partial charge in [-0.2, -0.15) is 0 Å². The molecule has 0 bridgehead atoms. The summed E-state index contributed by atoms with van der Waals surface area (Å²) in [7, 11) is 1.68. The molecular weight excluding hydrogens is 238 g/mol. The number of anilines is 1. The van der Waals surface area contributed by atoms with Crippen LogP contribution in [0.4, 0.5) is 5.82 Å². The van der Waals surface area contributed by atoms with Crippen molar-refractivity contribution in [3.63, 3.8) is 0 Å². The minimum atomic E-state index is 0.555. The van der Waals surface area contributed by atoms with E-state index in [1.807, 2.05) is 31.2 Å². The van der Waals surface area contributed by atoms with E-state index < -0.39 is 0 Å². The Morgan fingerprint density at radius 2 is 2.05 bits per heavy atom. The maximum atomic E-state index is 5.96. The normalized spacial score (nSPS) is 10.7. The van der Waals surface area contributed by atoms with E-state index in [0.29, 0.717) is 18.2 Å². The molecule has 4 heteroatoms. The Labute approximate surface area is 113 Å². The van der Waals surface area contributed by atoms with Crippen LogP contribution in [0.25, 0.3) is 11.4 Å². The van der Waals surface area contributed by atoms with Gasteiger partial charge in [0.15, 0.2) is 5.82 Å². The second-order valence-corrected chi connectivity index (χ2v) is 4.49. The molecule has 1 aromatic carbocycles. The van der Waals surface area contributed by atoms with Crippen molar-refractivity contribution in [3.8, 4) is 11.4 Å². The van der Waals surface area contributed by atoms with Crippen molar-refractivity contribution in [3.05, 3.63) is 41.1 Å². The highest BCUT2D eigenvalue weighted by atomic mass is 16.5. The van der Waals surface area contributed by atoms with Crippen LogP contribution in [-0.2, 0) is 17.8 Å². The van der Waals surface area contributed by atoms with Crippen molar-refractivity contribution in [1.82, 2.24) is 9.97 Å². The molecule has 19 heavy (non-hydrogen) atoms. The first-order chi connectivity index (χ1) is 9.15. The Morgan fingerprint density at radius 3 is 2.74 bits per heavy atom. The first kappa shape index (κ1) is 13.5. The van der Waals surface area contributed by atoms with Gasteiger partial charge in [-0.25, -0.2) is 9.97 Å². The number of hydrogen-bond donors (Lipinski definition) is 1. The molecule has 0 amide bonds. The van der Waals surface area contributed by atoms with Gasteiger partial charge in [-0.15, -0.1) is 0 Å². The summed E-state index contributed by atoms with van der Waals surface area (Å²) in [4.78, 5) is 8.97. The van der Waals surface area contributed by atoms with Gasteiger partial charge in [0.25, 0.3) is 0 Å². The number of nitrogens with zero attached hydrogens (tertiary/aromatic N) is 2. The lowest BCUT2D eigenvalue weighted by Crippen LogP contribution is -2.04. The van der Waals surface area contributed by atoms with E-state index in [2.05, 4.69) is 16.9 Å². The molecule has 0 radical (unpaired) electrons. The molecule has 0 aliphatic heterocycles. The lowest BCUT2D eigenvalue weighted by Gasteiger charge is -2.09. The molecule has 4 nitrogen and oxygen atoms in total. The van der Waals surface area contributed by atoms with Gasteiger partial charge in [0.2, 0.25) is 0 Å². The van der Waals surface area contributed by atoms with Crippen molar-refractivity contribution in [2.45, 2.75) is 26.9 Å². The van der Waals surface area contributed by atoms with E-state index in [-0.39, 0.29) is 0 Å². The van der Waals surface area contributed by atoms with Crippen LogP contribution in [0.2, 0.25) is 0 Å². The fourth-order valence-electron chi connectivity index (χ4n) is 2.02. The summed E-state index contributed by atoms with van der Waals surface area (Å²) in [5.41, 5.74) is 9.99. The van der Waals surface area contributed by atoms with Crippen molar-refractivity contribution < 1.29 is 4.74 Å². The molecule has 0 aliphatic rings. The molecular formula is C15H19N3O. The summed E-state index contributed by atoms with van der Waals surface area (Å²) < 4.78 is 5.14. The molecule has 2 rings (SSSR count). The monoisotopic (exact) mass is 257 g/mol. The fraction of sp³-hybridized carbons (Fsp3) is 0.333. The lowest BCUT2D eigenvalue weighted by atomic mass is 10.1. The number of ether oxygens (including phenoxy) is 1. The summed E-state index contributed by atoms with van der Waals surface area (Å²) in [6.07, 6.45) is 0.851. The van der Waals surface area contributed by atoms with Crippen molar-refractivity contribution in [2.75, 3.05) is 12.8 Å². The van der Waals surface area contributed by atoms with Gasteiger partial charge in [0.1, 0.15) is 5.82 Å². The Morgan fingerprint density at radius 1 is 1.26 bits per heavy atom. The van der Waals surface area contributed by atoms with Gasteiger partial charge in [0, 0.05) is 23.9 Å². The maximum Gasteiger partial charge on any atom is 0.161 e. The largest absolute Gasteiger partial charge is 0.383 e. The third kappa shape index (κ3) is 2.90. The van der Waals surface area contributed by atoms with E-state index >= 15 is 0 Å². The highest BCUT2D eigenvalue weighted by molar-refractivity contribution is 5.59. The van der Waals surface area contributed by atoms with Crippen LogP contribution in [0.15, 0.2) is 24.3 Å². The highest BCUT2D eigenvalue weighted by Crippen LogP contribution is 2.21. The van der Waals surface area contributed by atoms with Crippen molar-refractivity contribution >= 4 is 5.82 Å². The summed E-state index contributed by atoms with van der Waals surface area (Å²) in [6, 6.07) is 8.02. The summed E-state index contributed by atoms with van der Waals surface area (Å²) in [5, 5.41) is 0. The number of aromatic nitrogens is 2. The number of benzene rings is 1. The molecule has 0 unspecified atom stereocenters. The van der Waals surface area contributed by atoms with Crippen LogP contribution in [-0.4, -0.2) is 17.1 Å². The maximum absolute atomic E-state index is 5.96. The van der Waals surface area contributed by atoms with Crippen LogP contribution in [0.1, 0.15) is 23.7 Å². The number of nitrogens with two attached hydrogens (primary N) is 1. The molecule has 0 atom stereocenters. The van der Waals surface area contributed by atoms with Gasteiger partial charge in [0.05, 0.1) is 6.61 Å². The molecule has 0 saturated heterocycles. The van der Waals surface area contributed by atoms with E-state index in [9.17, 15) is 0 Å². The number of hydrogen-bond acceptors (Lipinski definition) is 4. The van der Waals surface area contributed by atoms with E-state index in [0.717, 1.165) is 28.8 Å². The first-order valence-corrected chi connectivity index (χ1v) is 6.37. The van der Waals surface area contributed by atoms with Gasteiger partial charge >= 0.3 is 0 Å². The first-order valence-electron chi connectivity index (χ1n) is 6.37. The highest BCUT2D eigenvalue weighted by Gasteiger charge is 2.09. The number of aryl methyl sites for hydroxylation is 1. The van der Waals surface area contributed by atoms with Crippen LogP contribution in [0, 0.1) is 6.92 Å². The zero-order chi connectivity index (χ0) is 13.8. The third-order valence-corrected chi connectivity index (χ3v) is 3.12. The van der Waals surface area contributed by atoms with Crippen LogP contribution < -0.4 is 5.73 Å². The van der Waals surface area contributed by atoms with Gasteiger partial charge < -0.3 is 10.5 Å². The molecule has 2 N–H and O–H groups in total. The second kappa shape index (κ2) is 5.80. The molecule has 1 aromatic heterocycles. The van der Waals surface area contributed by atoms with E-state index in [4.69, 9.17) is 10.5 Å². The van der Waals surface area contributed by atoms with Gasteiger partial charge in [-0.05, 0) is 25.0 Å². The molecule has 0 fully saturated rings. The topological polar surface area (TPSA) is 61.0 Å². The molecule has 0 saturated carbocycles. The van der Waals surface area contributed by atoms with Crippen molar-refractivity contribution in [2.24, 2.45) is 0 Å². The van der Waals surface area contributed by atoms with Crippen molar-refractivity contribution in [1.29, 1.82) is 0 Å². The predicted molar refractivity (Wildman–Crippen MR) is 76.7 cm³/mol. The number of nitrogen functional groups attached to an aromatic ring is 1. The molecule has 0 aliphatic carbocycles. The predicted octanol–water partition coefficient (Wildman–Crippen LogP) is 2.74. The van der Waals surface area contributed by atoms with Gasteiger partial charge in [-0.3, -0.25) is 0 Å². The molecule has 100 valence electrons. The van der Waals surface area contributed by atoms with Crippen LogP contribution in [0.3, 0.4) is 0 Å². The van der Waals surface area contributed by atoms with E-state index in [1.54, 1.807) is 7.11 Å². The summed E-state index contributed by atoms with van der Waals surface area (Å²) in [5.74, 6) is 1.23. The minimum absolute atomic E-state index is 0.555. The summed E-state index contributed by atoms with van der Waals surface area (Å²) >= 11 is 0. The summed E-state index contributed by atoms with van der Waals surface area (Å²) in [6.45, 7) is 4.61. The zero-order valence-corrected chi connectivity index (χ0v) is 11.6. The Kier molecular flexibility index (Phi) is 4.12. The lowest BCUT2D eigenvalue weighted by molar-refractivity contribution is 0.185. The standard InChI is InChI=1S/C15H19N3O/c1-4-13-10(2)14(16)18-15(17-13)12-7-5-6-11(8-12)9-19-3/h5-8H,4,9H2,1-3H3,(H2,16,17,18). The van der Waals surface area contributed by atoms with E-state index in [1.165, 1.54) is 0 Å². The fourth-order valence-corrected chi connectivity index (χ4v) is 2.02. The zero-order valence-electron chi connectivity index (χ0n) is 11.6. The third-order valence-electron chi connectivity index (χ3n) is 3.12. The van der Waals surface area contributed by atoms with Crippen LogP contribution in [0.5, 0.6) is 0 Å². The second-order valence-electron chi connectivity index (χ2n) is 4.49. The quantitative estimate of drug-likeness (QED) is 0.914. The number of methoxy groups -OCH3 is 1. The number of rotatable bonds is 4. The molecule has 2 aromatic rings. The Bertz CT molecular complexity index is 582. The smallest absolute Gasteiger partial charge is 0.161 e. The van der Waals surface area contributed by atoms with Crippen LogP contribution >= 0.6 is 0 Å². The Hall–Kier alpha value is -1.94. The molecule has 1 heterocycles.